The van der Waals surface area contributed by atoms with Gasteiger partial charge in [-0.2, -0.15) is 0 Å². The first-order chi connectivity index (χ1) is 4.70. The van der Waals surface area contributed by atoms with Crippen molar-refractivity contribution in [2.75, 3.05) is 6.54 Å². The second-order valence-corrected chi connectivity index (χ2v) is 1.80. The van der Waals surface area contributed by atoms with Gasteiger partial charge in [0.2, 0.25) is 12.7 Å². The lowest BCUT2D eigenvalue weighted by atomic mass is 10.3. The molecule has 1 aliphatic rings. The average molecular weight is 141 g/mol. The Morgan fingerprint density at radius 3 is 2.80 bits per heavy atom. The van der Waals surface area contributed by atoms with E-state index in [-0.39, 0.29) is 12.2 Å². The molecule has 0 bridgehead atoms. The Labute approximate surface area is 56.4 Å². The van der Waals surface area contributed by atoms with E-state index < -0.39 is 4.92 Å². The highest BCUT2D eigenvalue weighted by Crippen LogP contribution is 2.02. The molecule has 0 radical (unpaired) electrons. The number of nitrogens with zero attached hydrogens (tertiary/aromatic N) is 2. The van der Waals surface area contributed by atoms with E-state index in [0.717, 1.165) is 6.20 Å². The summed E-state index contributed by atoms with van der Waals surface area (Å²) in [6.07, 6.45) is 3.58. The highest BCUT2D eigenvalue weighted by atomic mass is 16.6. The maximum Gasteiger partial charge on any atom is 0.278 e. The predicted molar refractivity (Wildman–Crippen MR) is 32.7 cm³/mol. The van der Waals surface area contributed by atoms with Crippen molar-refractivity contribution in [1.82, 2.24) is 0 Å². The standard InChI is InChI=1S/C5H5N2O3/c8-6-3-1-5(2-4-6)7(9)10/h1-3H,4H2/q+1. The Balaban J connectivity index is 2.77. The maximum atomic E-state index is 10.4. The van der Waals surface area contributed by atoms with Gasteiger partial charge in [0.05, 0.1) is 17.1 Å². The van der Waals surface area contributed by atoms with Crippen LogP contribution < -0.4 is 0 Å². The van der Waals surface area contributed by atoms with E-state index in [1.165, 1.54) is 12.2 Å². The molecule has 0 fully saturated rings. The van der Waals surface area contributed by atoms with Crippen LogP contribution in [-0.2, 0) is 0 Å². The molecule has 0 saturated heterocycles. The third-order valence-corrected chi connectivity index (χ3v) is 1.10. The summed E-state index contributed by atoms with van der Waals surface area (Å²) in [4.78, 5) is 19.9. The highest BCUT2D eigenvalue weighted by Gasteiger charge is 2.16. The minimum atomic E-state index is -0.524. The minimum absolute atomic E-state index is 0.0212. The number of rotatable bonds is 1. The van der Waals surface area contributed by atoms with Gasteiger partial charge in [-0.05, 0) is 0 Å². The van der Waals surface area contributed by atoms with Gasteiger partial charge in [0.1, 0.15) is 0 Å². The van der Waals surface area contributed by atoms with Crippen LogP contribution >= 0.6 is 0 Å². The molecule has 0 unspecified atom stereocenters. The lowest BCUT2D eigenvalue weighted by molar-refractivity contribution is -0.478. The summed E-state index contributed by atoms with van der Waals surface area (Å²) in [6.45, 7) is 0.0623. The monoisotopic (exact) mass is 141 g/mol. The van der Waals surface area contributed by atoms with Crippen LogP contribution in [0.25, 0.3) is 0 Å². The molecule has 1 heterocycles. The molecule has 1 rings (SSSR count). The van der Waals surface area contributed by atoms with Crippen LogP contribution in [0.15, 0.2) is 24.0 Å². The molecule has 10 heavy (non-hydrogen) atoms. The van der Waals surface area contributed by atoms with Gasteiger partial charge in [-0.1, -0.05) is 0 Å². The van der Waals surface area contributed by atoms with Crippen molar-refractivity contribution >= 4 is 0 Å². The summed E-state index contributed by atoms with van der Waals surface area (Å²) in [5.41, 5.74) is -0.0212. The van der Waals surface area contributed by atoms with Gasteiger partial charge >= 0.3 is 0 Å². The van der Waals surface area contributed by atoms with Crippen LogP contribution in [0.5, 0.6) is 0 Å². The van der Waals surface area contributed by atoms with E-state index in [1.54, 1.807) is 0 Å². The molecule has 0 atom stereocenters. The molecule has 0 aromatic heterocycles. The molecule has 0 spiro atoms. The molecule has 0 aromatic carbocycles. The van der Waals surface area contributed by atoms with E-state index in [0.29, 0.717) is 4.76 Å². The fraction of sp³-hybridized carbons (Fsp3) is 0.200. The number of nitroso groups, excluding NO2 is 1. The normalized spacial score (nSPS) is 16.8. The van der Waals surface area contributed by atoms with Crippen molar-refractivity contribution in [2.24, 2.45) is 0 Å². The summed E-state index contributed by atoms with van der Waals surface area (Å²) in [5.74, 6) is 0. The first kappa shape index (κ1) is 6.60. The number of hydrogen-bond acceptors (Lipinski definition) is 3. The second-order valence-electron chi connectivity index (χ2n) is 1.80. The maximum absolute atomic E-state index is 10.4. The van der Waals surface area contributed by atoms with Crippen LogP contribution in [0.2, 0.25) is 0 Å². The van der Waals surface area contributed by atoms with Gasteiger partial charge in [-0.3, -0.25) is 10.1 Å². The highest BCUT2D eigenvalue weighted by molar-refractivity contribution is 5.10. The number of allylic oxidation sites excluding steroid dienone is 1. The summed E-state index contributed by atoms with van der Waals surface area (Å²) in [7, 11) is 0. The Kier molecular flexibility index (Phi) is 1.57. The molecule has 5 heteroatoms. The molecule has 0 aromatic rings. The summed E-state index contributed by atoms with van der Waals surface area (Å²) >= 11 is 0. The van der Waals surface area contributed by atoms with Gasteiger partial charge in [0.25, 0.3) is 5.70 Å². The lowest BCUT2D eigenvalue weighted by Crippen LogP contribution is -2.08. The topological polar surface area (TPSA) is 63.2 Å². The fourth-order valence-electron chi connectivity index (χ4n) is 0.607. The van der Waals surface area contributed by atoms with Gasteiger partial charge < -0.3 is 0 Å². The van der Waals surface area contributed by atoms with Gasteiger partial charge in [-0.25, -0.2) is 0 Å². The van der Waals surface area contributed by atoms with Crippen LogP contribution in [0.4, 0.5) is 0 Å². The van der Waals surface area contributed by atoms with E-state index in [1.807, 2.05) is 0 Å². The summed E-state index contributed by atoms with van der Waals surface area (Å²) < 4.78 is 0.618. The van der Waals surface area contributed by atoms with Crippen molar-refractivity contribution in [1.29, 1.82) is 0 Å². The van der Waals surface area contributed by atoms with Crippen molar-refractivity contribution in [3.63, 3.8) is 0 Å². The zero-order valence-corrected chi connectivity index (χ0v) is 5.06. The average Bonchev–Trinajstić information content (AvgIpc) is 1.88. The van der Waals surface area contributed by atoms with Crippen molar-refractivity contribution in [3.05, 3.63) is 39.1 Å². The van der Waals surface area contributed by atoms with Crippen LogP contribution in [0, 0.1) is 15.0 Å². The quantitative estimate of drug-likeness (QED) is 0.302. The Bertz CT molecular complexity index is 241. The molecular weight excluding hydrogens is 136 g/mol. The largest absolute Gasteiger partial charge is 0.278 e. The third-order valence-electron chi connectivity index (χ3n) is 1.10. The van der Waals surface area contributed by atoms with Crippen molar-refractivity contribution in [2.45, 2.75) is 0 Å². The fourth-order valence-corrected chi connectivity index (χ4v) is 0.607. The SMILES string of the molecule is O=[N+]1C=CC([N+](=O)[O-])=CC1. The van der Waals surface area contributed by atoms with E-state index in [9.17, 15) is 15.0 Å². The molecule has 1 aliphatic heterocycles. The van der Waals surface area contributed by atoms with E-state index >= 15 is 0 Å². The van der Waals surface area contributed by atoms with Gasteiger partial charge in [0, 0.05) is 9.67 Å². The molecular formula is C5H5N2O3+. The summed E-state index contributed by atoms with van der Waals surface area (Å²) in [5, 5.41) is 10.0. The number of nitro groups is 1. The van der Waals surface area contributed by atoms with Crippen molar-refractivity contribution in [3.8, 4) is 0 Å². The Hall–Kier alpha value is -1.52. The van der Waals surface area contributed by atoms with Crippen LogP contribution in [0.1, 0.15) is 0 Å². The second kappa shape index (κ2) is 2.38. The lowest BCUT2D eigenvalue weighted by Gasteiger charge is -1.90. The molecule has 0 saturated carbocycles. The molecule has 0 aliphatic carbocycles. The number of hydrogen-bond donors (Lipinski definition) is 0. The molecule has 5 nitrogen and oxygen atoms in total. The first-order valence-corrected chi connectivity index (χ1v) is 2.66. The zero-order chi connectivity index (χ0) is 7.56. The minimum Gasteiger partial charge on any atom is -0.258 e. The molecule has 0 amide bonds. The van der Waals surface area contributed by atoms with Gasteiger partial charge in [-0.15, -0.1) is 0 Å². The van der Waals surface area contributed by atoms with E-state index in [2.05, 4.69) is 0 Å². The predicted octanol–water partition coefficient (Wildman–Crippen LogP) is 0.453. The van der Waals surface area contributed by atoms with Gasteiger partial charge in [0.15, 0.2) is 0 Å². The molecule has 52 valence electrons. The Morgan fingerprint density at radius 2 is 2.40 bits per heavy atom. The van der Waals surface area contributed by atoms with E-state index in [4.69, 9.17) is 0 Å². The van der Waals surface area contributed by atoms with Crippen LogP contribution in [0.3, 0.4) is 0 Å². The molecule has 0 N–H and O–H groups in total. The Morgan fingerprint density at radius 1 is 1.70 bits per heavy atom. The van der Waals surface area contributed by atoms with Crippen LogP contribution in [-0.4, -0.2) is 16.2 Å². The summed E-state index contributed by atoms with van der Waals surface area (Å²) in [6, 6.07) is 0. The zero-order valence-electron chi connectivity index (χ0n) is 5.06. The first-order valence-electron chi connectivity index (χ1n) is 2.66. The van der Waals surface area contributed by atoms with Crippen molar-refractivity contribution < 1.29 is 9.68 Å². The smallest absolute Gasteiger partial charge is 0.258 e. The third kappa shape index (κ3) is 1.25.